The van der Waals surface area contributed by atoms with Gasteiger partial charge in [-0.3, -0.25) is 18.9 Å². The van der Waals surface area contributed by atoms with E-state index in [1.165, 1.54) is 10.9 Å². The molecule has 1 fully saturated rings. The van der Waals surface area contributed by atoms with Gasteiger partial charge in [0.2, 0.25) is 5.95 Å². The van der Waals surface area contributed by atoms with E-state index in [-0.39, 0.29) is 17.1 Å². The Morgan fingerprint density at radius 3 is 2.79 bits per heavy atom. The van der Waals surface area contributed by atoms with Crippen LogP contribution in [0.2, 0.25) is 0 Å². The number of hydrogen-bond acceptors (Lipinski definition) is 9. The second-order valence-electron chi connectivity index (χ2n) is 5.11. The number of phosphoric ester groups is 1. The van der Waals surface area contributed by atoms with Crippen molar-refractivity contribution in [2.75, 3.05) is 12.3 Å². The molecule has 13 nitrogen and oxygen atoms in total. The predicted octanol–water partition coefficient (Wildman–Crippen LogP) is -2.57. The molecule has 0 spiro atoms. The Bertz CT molecular complexity index is 861. The van der Waals surface area contributed by atoms with Crippen LogP contribution in [0.5, 0.6) is 0 Å². The normalized spacial score (nSPS) is 27.8. The fourth-order valence-corrected chi connectivity index (χ4v) is 2.74. The molecular formula is C10H14N5O8P. The number of rotatable bonds is 4. The number of aliphatic hydroxyl groups is 2. The summed E-state index contributed by atoms with van der Waals surface area (Å²) in [6, 6.07) is 0. The molecule has 7 N–H and O–H groups in total. The summed E-state index contributed by atoms with van der Waals surface area (Å²) >= 11 is 0. The maximum atomic E-state index is 11.7. The Morgan fingerprint density at radius 2 is 2.12 bits per heavy atom. The van der Waals surface area contributed by atoms with Gasteiger partial charge in [0, 0.05) is 0 Å². The van der Waals surface area contributed by atoms with Crippen molar-refractivity contribution in [2.45, 2.75) is 24.5 Å². The number of aromatic nitrogens is 4. The van der Waals surface area contributed by atoms with Gasteiger partial charge >= 0.3 is 7.82 Å². The number of fused-ring (bicyclic) bond motifs is 1. The lowest BCUT2D eigenvalue weighted by Gasteiger charge is -2.16. The van der Waals surface area contributed by atoms with Gasteiger partial charge in [0.15, 0.2) is 17.4 Å². The third-order valence-electron chi connectivity index (χ3n) is 3.47. The average molecular weight is 363 g/mol. The number of nitrogen functional groups attached to an aromatic ring is 1. The molecule has 0 saturated carbocycles. The van der Waals surface area contributed by atoms with Crippen LogP contribution in [0.25, 0.3) is 11.2 Å². The standard InChI is InChI=1S/C10H14N5O8P/c11-10-13-7-4(8(18)14-10)12-2-15(7)9-6(17)5(16)3(23-9)1-22-24(19,20)21/h2-3,5-6,9,16-17H,1H2,(H2,19,20,21)(H3,11,13,14,18)/t3-,5?,6?,9-/m1/s1. The highest BCUT2D eigenvalue weighted by atomic mass is 31.2. The predicted molar refractivity (Wildman–Crippen MR) is 76.5 cm³/mol. The highest BCUT2D eigenvalue weighted by Gasteiger charge is 2.45. The van der Waals surface area contributed by atoms with Crippen molar-refractivity contribution in [3.05, 3.63) is 16.7 Å². The van der Waals surface area contributed by atoms with Gasteiger partial charge in [0.05, 0.1) is 12.9 Å². The molecule has 0 aromatic carbocycles. The van der Waals surface area contributed by atoms with Gasteiger partial charge in [-0.1, -0.05) is 0 Å². The number of nitrogens with two attached hydrogens (primary N) is 1. The van der Waals surface area contributed by atoms with Crippen molar-refractivity contribution in [1.29, 1.82) is 0 Å². The zero-order valence-corrected chi connectivity index (χ0v) is 12.8. The van der Waals surface area contributed by atoms with E-state index >= 15 is 0 Å². The Morgan fingerprint density at radius 1 is 1.42 bits per heavy atom. The highest BCUT2D eigenvalue weighted by molar-refractivity contribution is 7.46. The van der Waals surface area contributed by atoms with E-state index < -0.39 is 44.5 Å². The minimum atomic E-state index is -4.76. The van der Waals surface area contributed by atoms with E-state index in [1.807, 2.05) is 0 Å². The molecule has 3 rings (SSSR count). The van der Waals surface area contributed by atoms with E-state index in [4.69, 9.17) is 20.3 Å². The molecule has 1 saturated heterocycles. The maximum absolute atomic E-state index is 11.7. The van der Waals surface area contributed by atoms with Gasteiger partial charge in [-0.05, 0) is 0 Å². The number of phosphoric acid groups is 1. The number of nitrogens with one attached hydrogen (secondary N) is 1. The van der Waals surface area contributed by atoms with E-state index in [0.29, 0.717) is 0 Å². The first-order valence-corrected chi connectivity index (χ1v) is 8.14. The van der Waals surface area contributed by atoms with Crippen LogP contribution >= 0.6 is 7.82 Å². The number of aromatic amines is 1. The van der Waals surface area contributed by atoms with Crippen molar-refractivity contribution < 1.29 is 33.8 Å². The Balaban J connectivity index is 1.90. The number of H-pyrrole nitrogens is 1. The third-order valence-corrected chi connectivity index (χ3v) is 3.95. The molecule has 4 atom stereocenters. The average Bonchev–Trinajstić information content (AvgIpc) is 3.00. The van der Waals surface area contributed by atoms with Gasteiger partial charge in [-0.25, -0.2) is 9.55 Å². The molecular weight excluding hydrogens is 349 g/mol. The topological polar surface area (TPSA) is 206 Å². The van der Waals surface area contributed by atoms with Gasteiger partial charge in [-0.2, -0.15) is 4.98 Å². The molecule has 0 radical (unpaired) electrons. The van der Waals surface area contributed by atoms with Crippen LogP contribution in [0.1, 0.15) is 6.23 Å². The summed E-state index contributed by atoms with van der Waals surface area (Å²) in [7, 11) is -4.76. The van der Waals surface area contributed by atoms with Crippen molar-refractivity contribution >= 4 is 24.9 Å². The molecule has 0 bridgehead atoms. The Hall–Kier alpha value is -1.86. The van der Waals surface area contributed by atoms with Gasteiger partial charge in [0.25, 0.3) is 5.56 Å². The molecule has 132 valence electrons. The monoisotopic (exact) mass is 363 g/mol. The first kappa shape index (κ1) is 17.0. The van der Waals surface area contributed by atoms with Gasteiger partial charge in [0.1, 0.15) is 18.3 Å². The molecule has 1 aliphatic rings. The molecule has 0 aliphatic carbocycles. The zero-order chi connectivity index (χ0) is 17.6. The first-order chi connectivity index (χ1) is 11.2. The summed E-state index contributed by atoms with van der Waals surface area (Å²) in [6.45, 7) is -0.651. The number of anilines is 1. The van der Waals surface area contributed by atoms with Crippen LogP contribution in [0.15, 0.2) is 11.1 Å². The van der Waals surface area contributed by atoms with Crippen molar-refractivity contribution in [3.63, 3.8) is 0 Å². The molecule has 3 heterocycles. The van der Waals surface area contributed by atoms with E-state index in [1.54, 1.807) is 0 Å². The summed E-state index contributed by atoms with van der Waals surface area (Å²) in [5, 5.41) is 20.1. The van der Waals surface area contributed by atoms with E-state index in [2.05, 4.69) is 19.5 Å². The Kier molecular flexibility index (Phi) is 4.17. The van der Waals surface area contributed by atoms with Crippen molar-refractivity contribution in [2.24, 2.45) is 0 Å². The number of aliphatic hydroxyl groups excluding tert-OH is 2. The Labute approximate surface area is 132 Å². The summed E-state index contributed by atoms with van der Waals surface area (Å²) in [5.74, 6) is -0.177. The lowest BCUT2D eigenvalue weighted by Crippen LogP contribution is -2.33. The molecule has 2 unspecified atom stereocenters. The number of ether oxygens (including phenoxy) is 1. The van der Waals surface area contributed by atoms with E-state index in [9.17, 15) is 19.6 Å². The minimum absolute atomic E-state index is 0.0176. The lowest BCUT2D eigenvalue weighted by atomic mass is 10.1. The highest BCUT2D eigenvalue weighted by Crippen LogP contribution is 2.38. The van der Waals surface area contributed by atoms with Gasteiger partial charge < -0.3 is 30.5 Å². The molecule has 2 aromatic heterocycles. The lowest BCUT2D eigenvalue weighted by molar-refractivity contribution is -0.0503. The number of nitrogens with zero attached hydrogens (tertiary/aromatic N) is 3. The largest absolute Gasteiger partial charge is 0.469 e. The maximum Gasteiger partial charge on any atom is 0.469 e. The number of imidazole rings is 1. The molecule has 24 heavy (non-hydrogen) atoms. The summed E-state index contributed by atoms with van der Waals surface area (Å²) in [4.78, 5) is 39.1. The quantitative estimate of drug-likeness (QED) is 0.311. The van der Waals surface area contributed by atoms with Crippen LogP contribution in [-0.2, 0) is 13.8 Å². The molecule has 1 aliphatic heterocycles. The minimum Gasteiger partial charge on any atom is -0.387 e. The van der Waals surface area contributed by atoms with Crippen LogP contribution in [0, 0.1) is 0 Å². The number of hydrogen-bond donors (Lipinski definition) is 6. The first-order valence-electron chi connectivity index (χ1n) is 6.61. The molecule has 14 heteroatoms. The third kappa shape index (κ3) is 3.06. The van der Waals surface area contributed by atoms with Crippen LogP contribution in [0.4, 0.5) is 5.95 Å². The zero-order valence-electron chi connectivity index (χ0n) is 11.9. The van der Waals surface area contributed by atoms with Gasteiger partial charge in [-0.15, -0.1) is 0 Å². The fourth-order valence-electron chi connectivity index (χ4n) is 2.40. The summed E-state index contributed by atoms with van der Waals surface area (Å²) < 4.78 is 21.6. The second kappa shape index (κ2) is 5.89. The smallest absolute Gasteiger partial charge is 0.387 e. The van der Waals surface area contributed by atoms with Crippen LogP contribution in [-0.4, -0.2) is 64.4 Å². The summed E-state index contributed by atoms with van der Waals surface area (Å²) in [6.07, 6.45) is -4.22. The van der Waals surface area contributed by atoms with Crippen molar-refractivity contribution in [1.82, 2.24) is 19.5 Å². The van der Waals surface area contributed by atoms with Crippen LogP contribution < -0.4 is 11.3 Å². The SMILES string of the molecule is Nc1nc2c(ncn2[C@@H]2O[C@H](COP(=O)(O)O)C(O)C2O)c(=O)[nH]1. The summed E-state index contributed by atoms with van der Waals surface area (Å²) in [5.41, 5.74) is 4.84. The molecule has 0 amide bonds. The second-order valence-corrected chi connectivity index (χ2v) is 6.35. The molecule has 2 aromatic rings. The van der Waals surface area contributed by atoms with Crippen molar-refractivity contribution in [3.8, 4) is 0 Å². The van der Waals surface area contributed by atoms with Crippen LogP contribution in [0.3, 0.4) is 0 Å². The van der Waals surface area contributed by atoms with E-state index in [0.717, 1.165) is 0 Å². The fraction of sp³-hybridized carbons (Fsp3) is 0.500.